The molecule has 0 atom stereocenters. The van der Waals surface area contributed by atoms with Crippen LogP contribution in [0.1, 0.15) is 22.5 Å². The summed E-state index contributed by atoms with van der Waals surface area (Å²) < 4.78 is 46.9. The van der Waals surface area contributed by atoms with Gasteiger partial charge in [0.05, 0.1) is 38.1 Å². The van der Waals surface area contributed by atoms with Crippen LogP contribution in [0, 0.1) is 20.8 Å². The van der Waals surface area contributed by atoms with Gasteiger partial charge in [0.2, 0.25) is 0 Å². The fourth-order valence-electron chi connectivity index (χ4n) is 4.61. The molecule has 0 aliphatic heterocycles. The lowest BCUT2D eigenvalue weighted by Gasteiger charge is -2.25. The molecule has 0 spiro atoms. The number of carbonyl (C=O) groups is 1. The maximum Gasteiger partial charge on any atom is 0.265 e. The molecule has 4 aromatic rings. The number of benzene rings is 3. The lowest BCUT2D eigenvalue weighted by molar-refractivity contribution is -0.119. The predicted octanol–water partition coefficient (Wildman–Crippen LogP) is 5.43. The number of amides is 1. The normalized spacial score (nSPS) is 11.4. The van der Waals surface area contributed by atoms with Gasteiger partial charge in [-0.05, 0) is 69.3 Å². The highest BCUT2D eigenvalue weighted by molar-refractivity contribution is 7.92. The van der Waals surface area contributed by atoms with E-state index in [4.69, 9.17) is 25.8 Å². The summed E-state index contributed by atoms with van der Waals surface area (Å²) in [5, 5.41) is 4.38. The van der Waals surface area contributed by atoms with Crippen molar-refractivity contribution in [2.45, 2.75) is 25.7 Å². The number of rotatable bonds is 11. The van der Waals surface area contributed by atoms with Crippen molar-refractivity contribution in [2.75, 3.05) is 32.2 Å². The summed E-state index contributed by atoms with van der Waals surface area (Å²) in [6, 6.07) is 18.8. The van der Waals surface area contributed by atoms with Crippen molar-refractivity contribution in [1.29, 1.82) is 0 Å². The Morgan fingerprint density at radius 1 is 0.907 bits per heavy atom. The Morgan fingerprint density at radius 2 is 1.56 bits per heavy atom. The van der Waals surface area contributed by atoms with E-state index >= 15 is 0 Å². The molecule has 1 N–H and O–H groups in total. The molecule has 1 amide bonds. The molecule has 1 heterocycles. The first-order valence-electron chi connectivity index (χ1n) is 13.2. The molecule has 0 aliphatic carbocycles. The molecule has 0 saturated carbocycles. The van der Waals surface area contributed by atoms with Gasteiger partial charge in [0.15, 0.2) is 11.5 Å². The van der Waals surface area contributed by atoms with Crippen LogP contribution in [-0.4, -0.2) is 53.0 Å². The topological polar surface area (TPSA) is 111 Å². The number of hydrogen-bond donors (Lipinski definition) is 1. The van der Waals surface area contributed by atoms with Crippen LogP contribution < -0.4 is 23.9 Å². The quantitative estimate of drug-likeness (QED) is 0.176. The molecular formula is C31H33ClN4O6S. The van der Waals surface area contributed by atoms with Crippen LogP contribution in [0.15, 0.2) is 76.7 Å². The van der Waals surface area contributed by atoms with E-state index in [1.165, 1.54) is 57.9 Å². The lowest BCUT2D eigenvalue weighted by Crippen LogP contribution is -2.39. The number of hydrazone groups is 1. The lowest BCUT2D eigenvalue weighted by atomic mass is 10.2. The minimum absolute atomic E-state index is 0.0746. The second kappa shape index (κ2) is 13.2. The average Bonchev–Trinajstić information content (AvgIpc) is 3.27. The van der Waals surface area contributed by atoms with Crippen molar-refractivity contribution < 1.29 is 27.4 Å². The van der Waals surface area contributed by atoms with E-state index in [-0.39, 0.29) is 27.1 Å². The highest BCUT2D eigenvalue weighted by Crippen LogP contribution is 2.37. The van der Waals surface area contributed by atoms with Crippen molar-refractivity contribution in [3.8, 4) is 22.9 Å². The van der Waals surface area contributed by atoms with Crippen LogP contribution >= 0.6 is 11.6 Å². The first-order chi connectivity index (χ1) is 20.5. The minimum Gasteiger partial charge on any atom is -0.495 e. The third-order valence-electron chi connectivity index (χ3n) is 6.80. The zero-order valence-electron chi connectivity index (χ0n) is 24.7. The van der Waals surface area contributed by atoms with Gasteiger partial charge in [0.25, 0.3) is 15.9 Å². The summed E-state index contributed by atoms with van der Waals surface area (Å²) in [6.45, 7) is 5.35. The van der Waals surface area contributed by atoms with E-state index < -0.39 is 22.5 Å². The molecule has 1 aromatic heterocycles. The van der Waals surface area contributed by atoms with E-state index in [1.54, 1.807) is 6.07 Å². The maximum absolute atomic E-state index is 14.0. The zero-order chi connectivity index (χ0) is 31.3. The number of carbonyl (C=O) groups excluding carboxylic acids is 1. The van der Waals surface area contributed by atoms with Gasteiger partial charge in [-0.2, -0.15) is 5.10 Å². The third kappa shape index (κ3) is 6.79. The molecule has 0 aliphatic rings. The minimum atomic E-state index is -4.33. The Kier molecular flexibility index (Phi) is 9.67. The summed E-state index contributed by atoms with van der Waals surface area (Å²) >= 11 is 6.23. The number of aromatic nitrogens is 1. The van der Waals surface area contributed by atoms with E-state index in [9.17, 15) is 13.2 Å². The standard InChI is InChI=1S/C31H33ClN4O6S/c1-20-7-10-25(11-8-20)36-21(2)15-23(22(36)3)18-33-34-31(37)19-35(27-16-24(32)9-13-28(27)40-4)43(38,39)26-12-14-29(41-5)30(17-26)42-6/h7-18H,19H2,1-6H3,(H,34,37)/b33-18-. The molecule has 0 radical (unpaired) electrons. The first-order valence-corrected chi connectivity index (χ1v) is 15.0. The Bertz CT molecular complexity index is 1770. The first kappa shape index (κ1) is 31.5. The highest BCUT2D eigenvalue weighted by atomic mass is 35.5. The number of sulfonamides is 1. The number of nitrogens with one attached hydrogen (secondary N) is 1. The van der Waals surface area contributed by atoms with Crippen molar-refractivity contribution in [1.82, 2.24) is 9.99 Å². The van der Waals surface area contributed by atoms with Crippen LogP contribution in [0.4, 0.5) is 5.69 Å². The Hall–Kier alpha value is -4.48. The number of aryl methyl sites for hydroxylation is 2. The second-order valence-corrected chi connectivity index (χ2v) is 11.9. The van der Waals surface area contributed by atoms with E-state index in [0.29, 0.717) is 5.75 Å². The van der Waals surface area contributed by atoms with Crippen molar-refractivity contribution in [3.05, 3.63) is 94.3 Å². The summed E-state index contributed by atoms with van der Waals surface area (Å²) in [4.78, 5) is 13.0. The summed E-state index contributed by atoms with van der Waals surface area (Å²) in [5.41, 5.74) is 7.41. The Morgan fingerprint density at radius 3 is 2.21 bits per heavy atom. The summed E-state index contributed by atoms with van der Waals surface area (Å²) in [6.07, 6.45) is 1.53. The van der Waals surface area contributed by atoms with Gasteiger partial charge in [-0.3, -0.25) is 9.10 Å². The van der Waals surface area contributed by atoms with Crippen LogP contribution in [0.5, 0.6) is 17.2 Å². The molecule has 0 unspecified atom stereocenters. The summed E-state index contributed by atoms with van der Waals surface area (Å²) in [5.74, 6) is 0.0731. The molecule has 226 valence electrons. The molecule has 3 aromatic carbocycles. The Balaban J connectivity index is 1.64. The molecule has 4 rings (SSSR count). The summed E-state index contributed by atoms with van der Waals surface area (Å²) in [7, 11) is -0.0956. The SMILES string of the molecule is COc1ccc(S(=O)(=O)N(CC(=O)N/N=C\c2cc(C)n(-c3ccc(C)cc3)c2C)c2cc(Cl)ccc2OC)cc1OC. The molecule has 0 saturated heterocycles. The maximum atomic E-state index is 14.0. The van der Waals surface area contributed by atoms with Crippen molar-refractivity contribution >= 4 is 39.4 Å². The predicted molar refractivity (Wildman–Crippen MR) is 168 cm³/mol. The number of ether oxygens (including phenoxy) is 3. The Labute approximate surface area is 256 Å². The molecule has 43 heavy (non-hydrogen) atoms. The number of hydrogen-bond acceptors (Lipinski definition) is 7. The number of nitrogens with zero attached hydrogens (tertiary/aromatic N) is 3. The zero-order valence-corrected chi connectivity index (χ0v) is 26.3. The van der Waals surface area contributed by atoms with E-state index in [2.05, 4.69) is 15.1 Å². The van der Waals surface area contributed by atoms with Crippen molar-refractivity contribution in [2.24, 2.45) is 5.10 Å². The van der Waals surface area contributed by atoms with E-state index in [0.717, 1.165) is 32.5 Å². The highest BCUT2D eigenvalue weighted by Gasteiger charge is 2.30. The fraction of sp³-hybridized carbons (Fsp3) is 0.226. The average molecular weight is 625 g/mol. The van der Waals surface area contributed by atoms with Gasteiger partial charge in [0, 0.05) is 33.7 Å². The molecule has 12 heteroatoms. The van der Waals surface area contributed by atoms with E-state index in [1.807, 2.05) is 51.1 Å². The largest absolute Gasteiger partial charge is 0.495 e. The van der Waals surface area contributed by atoms with Crippen molar-refractivity contribution in [3.63, 3.8) is 0 Å². The van der Waals surface area contributed by atoms with Gasteiger partial charge in [-0.15, -0.1) is 0 Å². The smallest absolute Gasteiger partial charge is 0.265 e. The van der Waals surface area contributed by atoms with Crippen LogP contribution in [-0.2, 0) is 14.8 Å². The van der Waals surface area contributed by atoms with Gasteiger partial charge in [-0.1, -0.05) is 29.3 Å². The number of methoxy groups -OCH3 is 3. The molecule has 0 fully saturated rings. The molecule has 10 nitrogen and oxygen atoms in total. The number of halogens is 1. The van der Waals surface area contributed by atoms with Crippen LogP contribution in [0.2, 0.25) is 5.02 Å². The van der Waals surface area contributed by atoms with Crippen LogP contribution in [0.25, 0.3) is 5.69 Å². The van der Waals surface area contributed by atoms with Gasteiger partial charge < -0.3 is 18.8 Å². The fourth-order valence-corrected chi connectivity index (χ4v) is 6.22. The second-order valence-electron chi connectivity index (χ2n) is 9.64. The number of anilines is 1. The molecular weight excluding hydrogens is 592 g/mol. The monoisotopic (exact) mass is 624 g/mol. The molecule has 0 bridgehead atoms. The van der Waals surface area contributed by atoms with Gasteiger partial charge in [-0.25, -0.2) is 13.8 Å². The van der Waals surface area contributed by atoms with Gasteiger partial charge in [0.1, 0.15) is 12.3 Å². The van der Waals surface area contributed by atoms with Gasteiger partial charge >= 0.3 is 0 Å². The third-order valence-corrected chi connectivity index (χ3v) is 8.79. The van der Waals surface area contributed by atoms with Crippen LogP contribution in [0.3, 0.4) is 0 Å².